The van der Waals surface area contributed by atoms with Crippen molar-refractivity contribution in [1.82, 2.24) is 0 Å². The van der Waals surface area contributed by atoms with Crippen LogP contribution in [0, 0.1) is 0 Å². The Bertz CT molecular complexity index is 860. The van der Waals surface area contributed by atoms with E-state index in [1.54, 1.807) is 55.6 Å². The summed E-state index contributed by atoms with van der Waals surface area (Å²) >= 11 is 0. The minimum absolute atomic E-state index is 0.204. The number of likely N-dealkylation sites (N-methyl/N-ethyl adjacent to an activating group) is 1. The molecule has 2 amide bonds. The summed E-state index contributed by atoms with van der Waals surface area (Å²) < 4.78 is 0. The molecule has 0 spiro atoms. The van der Waals surface area contributed by atoms with E-state index in [4.69, 9.17) is 0 Å². The third kappa shape index (κ3) is 2.92. The number of amides is 2. The largest absolute Gasteiger partial charge is 0.375 e. The van der Waals surface area contributed by atoms with Crippen molar-refractivity contribution in [3.8, 4) is 0 Å². The second-order valence-electron chi connectivity index (χ2n) is 6.10. The van der Waals surface area contributed by atoms with Crippen LogP contribution in [0.3, 0.4) is 0 Å². The lowest BCUT2D eigenvalue weighted by Gasteiger charge is -2.21. The average Bonchev–Trinajstić information content (AvgIpc) is 2.77. The number of carbonyl (C=O) groups excluding carboxylic acids is 3. The van der Waals surface area contributed by atoms with E-state index in [1.165, 1.54) is 11.8 Å². The highest BCUT2D eigenvalue weighted by Crippen LogP contribution is 2.41. The molecule has 0 saturated heterocycles. The SMILES string of the molecule is CC(=O)Nc1ccc(C(=O)C[C@@]2(O)C(=O)N(C)c3ccccc32)cc1. The van der Waals surface area contributed by atoms with Crippen LogP contribution in [0.15, 0.2) is 48.5 Å². The second-order valence-corrected chi connectivity index (χ2v) is 6.10. The molecule has 0 radical (unpaired) electrons. The molecule has 2 aromatic rings. The van der Waals surface area contributed by atoms with Gasteiger partial charge in [-0.15, -0.1) is 0 Å². The molecule has 2 N–H and O–H groups in total. The highest BCUT2D eigenvalue weighted by atomic mass is 16.3. The van der Waals surface area contributed by atoms with E-state index in [2.05, 4.69) is 5.32 Å². The van der Waals surface area contributed by atoms with Crippen molar-refractivity contribution in [2.45, 2.75) is 18.9 Å². The molecule has 6 heteroatoms. The number of anilines is 2. The summed E-state index contributed by atoms with van der Waals surface area (Å²) in [6.07, 6.45) is -0.341. The molecule has 3 rings (SSSR count). The van der Waals surface area contributed by atoms with E-state index < -0.39 is 11.5 Å². The standard InChI is InChI=1S/C19H18N2O4/c1-12(22)20-14-9-7-13(8-10-14)17(23)11-19(25)15-5-3-4-6-16(15)21(2)18(19)24/h3-10,25H,11H2,1-2H3,(H,20,22)/t19-/m0/s1. The molecule has 25 heavy (non-hydrogen) atoms. The van der Waals surface area contributed by atoms with E-state index in [0.29, 0.717) is 22.5 Å². The third-order valence-electron chi connectivity index (χ3n) is 4.31. The number of Topliss-reactive ketones (excluding diaryl/α,β-unsaturated/α-hetero) is 1. The quantitative estimate of drug-likeness (QED) is 0.836. The molecule has 0 bridgehead atoms. The number of fused-ring (bicyclic) bond motifs is 1. The summed E-state index contributed by atoms with van der Waals surface area (Å²) in [5.41, 5.74) is 0.111. The van der Waals surface area contributed by atoms with Crippen LogP contribution in [0.5, 0.6) is 0 Å². The number of hydrogen-bond donors (Lipinski definition) is 2. The molecule has 128 valence electrons. The maximum Gasteiger partial charge on any atom is 0.263 e. The normalized spacial score (nSPS) is 18.8. The van der Waals surface area contributed by atoms with Gasteiger partial charge in [0.15, 0.2) is 11.4 Å². The van der Waals surface area contributed by atoms with Crippen LogP contribution in [0.25, 0.3) is 0 Å². The van der Waals surface area contributed by atoms with Crippen molar-refractivity contribution >= 4 is 29.0 Å². The summed E-state index contributed by atoms with van der Waals surface area (Å²) in [4.78, 5) is 37.5. The Labute approximate surface area is 145 Å². The van der Waals surface area contributed by atoms with Crippen LogP contribution in [0.4, 0.5) is 11.4 Å². The van der Waals surface area contributed by atoms with Gasteiger partial charge in [-0.2, -0.15) is 0 Å². The number of para-hydroxylation sites is 1. The van der Waals surface area contributed by atoms with Crippen molar-refractivity contribution in [2.24, 2.45) is 0 Å². The minimum atomic E-state index is -1.86. The summed E-state index contributed by atoms with van der Waals surface area (Å²) in [5.74, 6) is -1.07. The van der Waals surface area contributed by atoms with Crippen LogP contribution < -0.4 is 10.2 Å². The van der Waals surface area contributed by atoms with Gasteiger partial charge in [-0.1, -0.05) is 18.2 Å². The molecule has 1 heterocycles. The fourth-order valence-electron chi connectivity index (χ4n) is 3.07. The van der Waals surface area contributed by atoms with Gasteiger partial charge in [-0.25, -0.2) is 0 Å². The van der Waals surface area contributed by atoms with Crippen LogP contribution in [0.2, 0.25) is 0 Å². The lowest BCUT2D eigenvalue weighted by Crippen LogP contribution is -2.40. The molecular weight excluding hydrogens is 320 g/mol. The monoisotopic (exact) mass is 338 g/mol. The van der Waals surface area contributed by atoms with Gasteiger partial charge in [0, 0.05) is 30.8 Å². The lowest BCUT2D eigenvalue weighted by molar-refractivity contribution is -0.135. The molecule has 0 aromatic heterocycles. The number of ketones is 1. The number of benzene rings is 2. The number of aliphatic hydroxyl groups is 1. The van der Waals surface area contributed by atoms with Gasteiger partial charge in [0.05, 0.1) is 12.1 Å². The van der Waals surface area contributed by atoms with E-state index in [0.717, 1.165) is 0 Å². The van der Waals surface area contributed by atoms with E-state index >= 15 is 0 Å². The maximum absolute atomic E-state index is 12.6. The zero-order valence-electron chi connectivity index (χ0n) is 13.9. The van der Waals surface area contributed by atoms with Gasteiger partial charge in [-0.3, -0.25) is 14.4 Å². The van der Waals surface area contributed by atoms with Gasteiger partial charge in [0.1, 0.15) is 0 Å². The first-order valence-corrected chi connectivity index (χ1v) is 7.84. The second kappa shape index (κ2) is 6.14. The Morgan fingerprint density at radius 2 is 1.76 bits per heavy atom. The number of rotatable bonds is 4. The number of carbonyl (C=O) groups is 3. The van der Waals surface area contributed by atoms with Gasteiger partial charge in [0.25, 0.3) is 5.91 Å². The molecular formula is C19H18N2O4. The van der Waals surface area contributed by atoms with Crippen LogP contribution in [-0.2, 0) is 15.2 Å². The molecule has 2 aromatic carbocycles. The lowest BCUT2D eigenvalue weighted by atomic mass is 9.88. The highest BCUT2D eigenvalue weighted by Gasteiger charge is 2.49. The van der Waals surface area contributed by atoms with Gasteiger partial charge in [-0.05, 0) is 30.3 Å². The van der Waals surface area contributed by atoms with E-state index in [-0.39, 0.29) is 18.1 Å². The first kappa shape index (κ1) is 16.9. The summed E-state index contributed by atoms with van der Waals surface area (Å²) in [5, 5.41) is 13.5. The van der Waals surface area contributed by atoms with Crippen molar-refractivity contribution in [3.63, 3.8) is 0 Å². The number of nitrogens with one attached hydrogen (secondary N) is 1. The molecule has 0 unspecified atom stereocenters. The van der Waals surface area contributed by atoms with Gasteiger partial charge in [0.2, 0.25) is 5.91 Å². The number of nitrogens with zero attached hydrogens (tertiary/aromatic N) is 1. The first-order valence-electron chi connectivity index (χ1n) is 7.84. The molecule has 0 fully saturated rings. The van der Waals surface area contributed by atoms with Crippen molar-refractivity contribution in [2.75, 3.05) is 17.3 Å². The van der Waals surface area contributed by atoms with E-state index in [1.807, 2.05) is 0 Å². The molecule has 1 aliphatic heterocycles. The predicted molar refractivity (Wildman–Crippen MR) is 93.4 cm³/mol. The van der Waals surface area contributed by atoms with Crippen LogP contribution in [0.1, 0.15) is 29.3 Å². The molecule has 1 atom stereocenters. The predicted octanol–water partition coefficient (Wildman–Crippen LogP) is 2.08. The maximum atomic E-state index is 12.6. The summed E-state index contributed by atoms with van der Waals surface area (Å²) in [7, 11) is 1.58. The molecule has 6 nitrogen and oxygen atoms in total. The van der Waals surface area contributed by atoms with Crippen molar-refractivity contribution in [3.05, 3.63) is 59.7 Å². The first-order chi connectivity index (χ1) is 11.8. The Balaban J connectivity index is 1.85. The fraction of sp³-hybridized carbons (Fsp3) is 0.211. The fourth-order valence-corrected chi connectivity index (χ4v) is 3.07. The highest BCUT2D eigenvalue weighted by molar-refractivity contribution is 6.10. The van der Waals surface area contributed by atoms with Crippen LogP contribution >= 0.6 is 0 Å². The Morgan fingerprint density at radius 3 is 2.40 bits per heavy atom. The topological polar surface area (TPSA) is 86.7 Å². The Morgan fingerprint density at radius 1 is 1.12 bits per heavy atom. The number of hydrogen-bond acceptors (Lipinski definition) is 4. The Kier molecular flexibility index (Phi) is 4.14. The Hall–Kier alpha value is -2.99. The molecule has 0 aliphatic carbocycles. The zero-order valence-corrected chi connectivity index (χ0v) is 13.9. The molecule has 1 aliphatic rings. The average molecular weight is 338 g/mol. The summed E-state index contributed by atoms with van der Waals surface area (Å²) in [6, 6.07) is 13.2. The van der Waals surface area contributed by atoms with Crippen molar-refractivity contribution in [1.29, 1.82) is 0 Å². The van der Waals surface area contributed by atoms with E-state index in [9.17, 15) is 19.5 Å². The molecule has 0 saturated carbocycles. The summed E-state index contributed by atoms with van der Waals surface area (Å²) in [6.45, 7) is 1.40. The van der Waals surface area contributed by atoms with Crippen molar-refractivity contribution < 1.29 is 19.5 Å². The third-order valence-corrected chi connectivity index (χ3v) is 4.31. The minimum Gasteiger partial charge on any atom is -0.375 e. The smallest absolute Gasteiger partial charge is 0.263 e. The van der Waals surface area contributed by atoms with Gasteiger partial charge >= 0.3 is 0 Å². The van der Waals surface area contributed by atoms with Crippen LogP contribution in [-0.4, -0.2) is 29.8 Å². The van der Waals surface area contributed by atoms with Gasteiger partial charge < -0.3 is 15.3 Å². The zero-order chi connectivity index (χ0) is 18.2.